The van der Waals surface area contributed by atoms with Crippen LogP contribution in [-0.4, -0.2) is 28.1 Å². The number of anilines is 1. The summed E-state index contributed by atoms with van der Waals surface area (Å²) in [4.78, 5) is 24.6. The average Bonchev–Trinajstić information content (AvgIpc) is 2.96. The minimum atomic E-state index is -0.622. The molecule has 22 heavy (non-hydrogen) atoms. The van der Waals surface area contributed by atoms with Crippen molar-refractivity contribution in [1.29, 1.82) is 0 Å². The van der Waals surface area contributed by atoms with Crippen LogP contribution in [0.5, 0.6) is 0 Å². The largest absolute Gasteiger partial charge is 0.340 e. The van der Waals surface area contributed by atoms with E-state index in [2.05, 4.69) is 20.8 Å². The molecule has 1 unspecified atom stereocenters. The molecule has 2 rings (SSSR count). The van der Waals surface area contributed by atoms with Gasteiger partial charge >= 0.3 is 0 Å². The maximum absolute atomic E-state index is 12.3. The van der Waals surface area contributed by atoms with Crippen LogP contribution < -0.4 is 10.6 Å². The first-order valence-electron chi connectivity index (χ1n) is 7.14. The zero-order chi connectivity index (χ0) is 16.1. The van der Waals surface area contributed by atoms with Crippen molar-refractivity contribution < 1.29 is 9.59 Å². The van der Waals surface area contributed by atoms with Crippen molar-refractivity contribution in [1.82, 2.24) is 15.5 Å². The SMILES string of the molecule is Cc1cccc(C(=O)NC(C(=O)Nc2cn[nH]c2)C(C)C)c1. The molecule has 6 heteroatoms. The van der Waals surface area contributed by atoms with Gasteiger partial charge in [0.15, 0.2) is 0 Å². The molecular weight excluding hydrogens is 280 g/mol. The molecule has 1 atom stereocenters. The smallest absolute Gasteiger partial charge is 0.251 e. The van der Waals surface area contributed by atoms with Crippen molar-refractivity contribution in [3.8, 4) is 0 Å². The van der Waals surface area contributed by atoms with E-state index >= 15 is 0 Å². The minimum absolute atomic E-state index is 0.0411. The zero-order valence-electron chi connectivity index (χ0n) is 12.9. The molecule has 0 radical (unpaired) electrons. The molecule has 1 aromatic carbocycles. The van der Waals surface area contributed by atoms with Gasteiger partial charge in [-0.15, -0.1) is 0 Å². The third-order valence-electron chi connectivity index (χ3n) is 3.28. The highest BCUT2D eigenvalue weighted by atomic mass is 16.2. The summed E-state index contributed by atoms with van der Waals surface area (Å²) in [6.45, 7) is 5.69. The molecule has 0 saturated carbocycles. The van der Waals surface area contributed by atoms with E-state index in [0.29, 0.717) is 11.3 Å². The summed E-state index contributed by atoms with van der Waals surface area (Å²) in [6.07, 6.45) is 3.09. The van der Waals surface area contributed by atoms with Crippen molar-refractivity contribution in [3.63, 3.8) is 0 Å². The summed E-state index contributed by atoms with van der Waals surface area (Å²) in [5.41, 5.74) is 2.11. The monoisotopic (exact) mass is 300 g/mol. The number of carbonyl (C=O) groups is 2. The highest BCUT2D eigenvalue weighted by Crippen LogP contribution is 2.10. The van der Waals surface area contributed by atoms with Crippen LogP contribution in [0.1, 0.15) is 29.8 Å². The average molecular weight is 300 g/mol. The van der Waals surface area contributed by atoms with Crippen LogP contribution in [0.15, 0.2) is 36.7 Å². The number of nitrogens with zero attached hydrogens (tertiary/aromatic N) is 1. The standard InChI is InChI=1S/C16H20N4O2/c1-10(2)14(16(22)19-13-8-17-18-9-13)20-15(21)12-6-4-5-11(3)7-12/h4-10,14H,1-3H3,(H,17,18)(H,19,22)(H,20,21). The fourth-order valence-electron chi connectivity index (χ4n) is 2.09. The fourth-order valence-corrected chi connectivity index (χ4v) is 2.09. The maximum atomic E-state index is 12.3. The summed E-state index contributed by atoms with van der Waals surface area (Å²) in [6, 6.07) is 6.64. The van der Waals surface area contributed by atoms with Gasteiger partial charge in [-0.3, -0.25) is 14.7 Å². The lowest BCUT2D eigenvalue weighted by molar-refractivity contribution is -0.118. The van der Waals surface area contributed by atoms with Crippen LogP contribution in [0.25, 0.3) is 0 Å². The molecular formula is C16H20N4O2. The predicted molar refractivity (Wildman–Crippen MR) is 84.5 cm³/mol. The van der Waals surface area contributed by atoms with E-state index in [1.807, 2.05) is 32.9 Å². The van der Waals surface area contributed by atoms with Crippen molar-refractivity contribution in [2.75, 3.05) is 5.32 Å². The third kappa shape index (κ3) is 3.94. The van der Waals surface area contributed by atoms with Gasteiger partial charge in [0, 0.05) is 11.8 Å². The number of hydrogen-bond acceptors (Lipinski definition) is 3. The van der Waals surface area contributed by atoms with E-state index in [1.54, 1.807) is 18.3 Å². The van der Waals surface area contributed by atoms with Crippen LogP contribution in [-0.2, 0) is 4.79 Å². The number of aromatic amines is 1. The summed E-state index contributed by atoms with van der Waals surface area (Å²) in [5.74, 6) is -0.567. The lowest BCUT2D eigenvalue weighted by atomic mass is 10.0. The Hall–Kier alpha value is -2.63. The van der Waals surface area contributed by atoms with E-state index in [9.17, 15) is 9.59 Å². The van der Waals surface area contributed by atoms with Crippen molar-refractivity contribution >= 4 is 17.5 Å². The number of carbonyl (C=O) groups excluding carboxylic acids is 2. The zero-order valence-corrected chi connectivity index (χ0v) is 12.9. The molecule has 1 aromatic heterocycles. The molecule has 0 aliphatic carbocycles. The molecule has 0 aliphatic rings. The first-order valence-corrected chi connectivity index (χ1v) is 7.14. The van der Waals surface area contributed by atoms with Gasteiger partial charge in [-0.25, -0.2) is 0 Å². The van der Waals surface area contributed by atoms with Crippen LogP contribution in [0.2, 0.25) is 0 Å². The van der Waals surface area contributed by atoms with Crippen LogP contribution in [0.4, 0.5) is 5.69 Å². The van der Waals surface area contributed by atoms with Gasteiger partial charge < -0.3 is 10.6 Å². The molecule has 2 aromatic rings. The van der Waals surface area contributed by atoms with Gasteiger partial charge in [0.25, 0.3) is 5.91 Å². The Balaban J connectivity index is 2.08. The summed E-state index contributed by atoms with van der Waals surface area (Å²) in [7, 11) is 0. The number of rotatable bonds is 5. The third-order valence-corrected chi connectivity index (χ3v) is 3.28. The number of H-pyrrole nitrogens is 1. The highest BCUT2D eigenvalue weighted by Gasteiger charge is 2.25. The molecule has 0 aliphatic heterocycles. The topological polar surface area (TPSA) is 86.9 Å². The number of aromatic nitrogens is 2. The normalized spacial score (nSPS) is 12.0. The predicted octanol–water partition coefficient (Wildman–Crippen LogP) is 2.11. The molecule has 1 heterocycles. The number of amides is 2. The Morgan fingerprint density at radius 1 is 1.27 bits per heavy atom. The molecule has 0 fully saturated rings. The molecule has 6 nitrogen and oxygen atoms in total. The van der Waals surface area contributed by atoms with Gasteiger partial charge in [0.05, 0.1) is 11.9 Å². The molecule has 116 valence electrons. The first-order chi connectivity index (χ1) is 10.5. The lowest BCUT2D eigenvalue weighted by Gasteiger charge is -2.21. The van der Waals surface area contributed by atoms with Gasteiger partial charge in [0.2, 0.25) is 5.91 Å². The fraction of sp³-hybridized carbons (Fsp3) is 0.312. The molecule has 0 spiro atoms. The summed E-state index contributed by atoms with van der Waals surface area (Å²) >= 11 is 0. The van der Waals surface area contributed by atoms with Gasteiger partial charge in [-0.2, -0.15) is 5.10 Å². The van der Waals surface area contributed by atoms with Gasteiger partial charge in [0.1, 0.15) is 6.04 Å². The van der Waals surface area contributed by atoms with Crippen LogP contribution in [0, 0.1) is 12.8 Å². The second kappa shape index (κ2) is 6.89. The molecule has 3 N–H and O–H groups in total. The molecule has 2 amide bonds. The molecule has 0 bridgehead atoms. The van der Waals surface area contributed by atoms with Gasteiger partial charge in [-0.05, 0) is 25.0 Å². The highest BCUT2D eigenvalue weighted by molar-refractivity contribution is 6.01. The quantitative estimate of drug-likeness (QED) is 0.790. The Morgan fingerprint density at radius 3 is 2.64 bits per heavy atom. The van der Waals surface area contributed by atoms with Crippen molar-refractivity contribution in [3.05, 3.63) is 47.8 Å². The number of hydrogen-bond donors (Lipinski definition) is 3. The van der Waals surface area contributed by atoms with E-state index in [-0.39, 0.29) is 17.7 Å². The van der Waals surface area contributed by atoms with Crippen molar-refractivity contribution in [2.24, 2.45) is 5.92 Å². The van der Waals surface area contributed by atoms with Crippen molar-refractivity contribution in [2.45, 2.75) is 26.8 Å². The molecule has 0 saturated heterocycles. The van der Waals surface area contributed by atoms with Crippen LogP contribution in [0.3, 0.4) is 0 Å². The Bertz CT molecular complexity index is 650. The minimum Gasteiger partial charge on any atom is -0.340 e. The number of aryl methyl sites for hydroxylation is 1. The number of nitrogens with one attached hydrogen (secondary N) is 3. The second-order valence-corrected chi connectivity index (χ2v) is 5.54. The Morgan fingerprint density at radius 2 is 2.05 bits per heavy atom. The van der Waals surface area contributed by atoms with E-state index in [1.165, 1.54) is 6.20 Å². The Labute approximate surface area is 129 Å². The second-order valence-electron chi connectivity index (χ2n) is 5.54. The van der Waals surface area contributed by atoms with Crippen LogP contribution >= 0.6 is 0 Å². The van der Waals surface area contributed by atoms with E-state index in [4.69, 9.17) is 0 Å². The number of benzene rings is 1. The summed E-state index contributed by atoms with van der Waals surface area (Å²) in [5, 5.41) is 11.9. The first kappa shape index (κ1) is 15.8. The maximum Gasteiger partial charge on any atom is 0.251 e. The van der Waals surface area contributed by atoms with E-state index < -0.39 is 6.04 Å². The Kier molecular flexibility index (Phi) is 4.93. The summed E-state index contributed by atoms with van der Waals surface area (Å²) < 4.78 is 0. The van der Waals surface area contributed by atoms with Gasteiger partial charge in [-0.1, -0.05) is 31.5 Å². The lowest BCUT2D eigenvalue weighted by Crippen LogP contribution is -2.47. The van der Waals surface area contributed by atoms with E-state index in [0.717, 1.165) is 5.56 Å².